The van der Waals surface area contributed by atoms with Gasteiger partial charge in [-0.1, -0.05) is 25.2 Å². The second kappa shape index (κ2) is 7.21. The Kier molecular flexibility index (Phi) is 5.30. The van der Waals surface area contributed by atoms with Gasteiger partial charge in [0.2, 0.25) is 0 Å². The van der Waals surface area contributed by atoms with E-state index in [0.29, 0.717) is 18.6 Å². The molecule has 0 aliphatic heterocycles. The Morgan fingerprint density at radius 3 is 2.63 bits per heavy atom. The molecule has 2 nitrogen and oxygen atoms in total. The second-order valence-electron chi connectivity index (χ2n) is 5.14. The molecule has 0 radical (unpaired) electrons. The largest absolute Gasteiger partial charge is 0.490 e. The van der Waals surface area contributed by atoms with Gasteiger partial charge in [0, 0.05) is 5.56 Å². The standard InChI is InChI=1S/C17H23NO/c1-2-15-7-3-4-8-17(15)19-16-11-9-14(10-12-16)6-5-13-18/h9-12,15,17H,2-4,7-8,13,18H2,1H3. The van der Waals surface area contributed by atoms with Crippen molar-refractivity contribution in [2.45, 2.75) is 45.1 Å². The molecule has 102 valence electrons. The summed E-state index contributed by atoms with van der Waals surface area (Å²) in [6.45, 7) is 2.66. The predicted molar refractivity (Wildman–Crippen MR) is 79.0 cm³/mol. The third-order valence-electron chi connectivity index (χ3n) is 3.84. The molecule has 2 heteroatoms. The third kappa shape index (κ3) is 4.01. The van der Waals surface area contributed by atoms with Crippen LogP contribution in [0.25, 0.3) is 0 Å². The van der Waals surface area contributed by atoms with Crippen LogP contribution in [0.15, 0.2) is 24.3 Å². The number of nitrogens with two attached hydrogens (primary N) is 1. The van der Waals surface area contributed by atoms with E-state index in [0.717, 1.165) is 11.3 Å². The lowest BCUT2D eigenvalue weighted by atomic mass is 9.85. The highest BCUT2D eigenvalue weighted by Gasteiger charge is 2.25. The summed E-state index contributed by atoms with van der Waals surface area (Å²) in [5.74, 6) is 7.56. The van der Waals surface area contributed by atoms with E-state index < -0.39 is 0 Å². The van der Waals surface area contributed by atoms with Gasteiger partial charge in [-0.2, -0.15) is 0 Å². The van der Waals surface area contributed by atoms with Crippen LogP contribution < -0.4 is 10.5 Å². The Balaban J connectivity index is 1.98. The first-order valence-electron chi connectivity index (χ1n) is 7.29. The maximum atomic E-state index is 6.15. The first-order valence-corrected chi connectivity index (χ1v) is 7.29. The molecule has 1 aliphatic carbocycles. The second-order valence-corrected chi connectivity index (χ2v) is 5.14. The molecule has 0 bridgehead atoms. The van der Waals surface area contributed by atoms with Gasteiger partial charge in [-0.25, -0.2) is 0 Å². The fourth-order valence-corrected chi connectivity index (χ4v) is 2.74. The number of ether oxygens (including phenoxy) is 1. The first-order chi connectivity index (χ1) is 9.33. The minimum absolute atomic E-state index is 0.389. The molecule has 2 atom stereocenters. The van der Waals surface area contributed by atoms with Crippen LogP contribution in [-0.2, 0) is 0 Å². The Hall–Kier alpha value is -1.46. The maximum Gasteiger partial charge on any atom is 0.119 e. The normalized spacial score (nSPS) is 22.4. The SMILES string of the molecule is CCC1CCCCC1Oc1ccc(C#CCN)cc1. The van der Waals surface area contributed by atoms with E-state index in [1.165, 1.54) is 32.1 Å². The van der Waals surface area contributed by atoms with Crippen LogP contribution in [-0.4, -0.2) is 12.6 Å². The van der Waals surface area contributed by atoms with Crippen molar-refractivity contribution in [3.8, 4) is 17.6 Å². The smallest absolute Gasteiger partial charge is 0.119 e. The molecule has 1 fully saturated rings. The van der Waals surface area contributed by atoms with Gasteiger partial charge in [-0.3, -0.25) is 0 Å². The zero-order chi connectivity index (χ0) is 13.5. The molecule has 1 aromatic carbocycles. The Bertz CT molecular complexity index is 441. The van der Waals surface area contributed by atoms with Crippen molar-refractivity contribution in [1.82, 2.24) is 0 Å². The van der Waals surface area contributed by atoms with Gasteiger partial charge in [0.15, 0.2) is 0 Å². The monoisotopic (exact) mass is 257 g/mol. The van der Waals surface area contributed by atoms with E-state index in [1.54, 1.807) is 0 Å². The number of hydrogen-bond donors (Lipinski definition) is 1. The highest BCUT2D eigenvalue weighted by Crippen LogP contribution is 2.30. The molecular weight excluding hydrogens is 234 g/mol. The fourth-order valence-electron chi connectivity index (χ4n) is 2.74. The van der Waals surface area contributed by atoms with Crippen LogP contribution >= 0.6 is 0 Å². The van der Waals surface area contributed by atoms with Crippen LogP contribution in [0.1, 0.15) is 44.6 Å². The molecule has 0 spiro atoms. The van der Waals surface area contributed by atoms with Crippen molar-refractivity contribution in [2.75, 3.05) is 6.54 Å². The lowest BCUT2D eigenvalue weighted by Gasteiger charge is -2.31. The summed E-state index contributed by atoms with van der Waals surface area (Å²) in [7, 11) is 0. The number of hydrogen-bond acceptors (Lipinski definition) is 2. The summed E-state index contributed by atoms with van der Waals surface area (Å²) in [6.07, 6.45) is 6.74. The van der Waals surface area contributed by atoms with E-state index in [4.69, 9.17) is 10.5 Å². The molecule has 0 saturated heterocycles. The fraction of sp³-hybridized carbons (Fsp3) is 0.529. The Morgan fingerprint density at radius 2 is 1.95 bits per heavy atom. The molecular formula is C17H23NO. The number of rotatable bonds is 3. The minimum Gasteiger partial charge on any atom is -0.490 e. The minimum atomic E-state index is 0.389. The average Bonchev–Trinajstić information content (AvgIpc) is 2.47. The summed E-state index contributed by atoms with van der Waals surface area (Å²) in [6, 6.07) is 8.03. The molecule has 1 aromatic rings. The molecule has 19 heavy (non-hydrogen) atoms. The van der Waals surface area contributed by atoms with Crippen LogP contribution in [0.5, 0.6) is 5.75 Å². The van der Waals surface area contributed by atoms with Crippen molar-refractivity contribution in [1.29, 1.82) is 0 Å². The lowest BCUT2D eigenvalue weighted by Crippen LogP contribution is -2.29. The summed E-state index contributed by atoms with van der Waals surface area (Å²) in [4.78, 5) is 0. The van der Waals surface area contributed by atoms with Crippen LogP contribution in [0, 0.1) is 17.8 Å². The van der Waals surface area contributed by atoms with Crippen molar-refractivity contribution >= 4 is 0 Å². The molecule has 0 amide bonds. The topological polar surface area (TPSA) is 35.2 Å². The summed E-state index contributed by atoms with van der Waals surface area (Å²) >= 11 is 0. The summed E-state index contributed by atoms with van der Waals surface area (Å²) in [5, 5.41) is 0. The summed E-state index contributed by atoms with van der Waals surface area (Å²) < 4.78 is 6.15. The van der Waals surface area contributed by atoms with Gasteiger partial charge in [0.1, 0.15) is 11.9 Å². The van der Waals surface area contributed by atoms with Gasteiger partial charge in [0.25, 0.3) is 0 Å². The van der Waals surface area contributed by atoms with Gasteiger partial charge in [0.05, 0.1) is 6.54 Å². The Labute approximate surface area is 116 Å². The zero-order valence-corrected chi connectivity index (χ0v) is 11.7. The van der Waals surface area contributed by atoms with E-state index in [-0.39, 0.29) is 0 Å². The molecule has 2 rings (SSSR count). The van der Waals surface area contributed by atoms with Gasteiger partial charge >= 0.3 is 0 Å². The van der Waals surface area contributed by atoms with E-state index >= 15 is 0 Å². The van der Waals surface area contributed by atoms with E-state index in [1.807, 2.05) is 24.3 Å². The van der Waals surface area contributed by atoms with Crippen molar-refractivity contribution in [2.24, 2.45) is 11.7 Å². The average molecular weight is 257 g/mol. The molecule has 1 aliphatic rings. The third-order valence-corrected chi connectivity index (χ3v) is 3.84. The molecule has 0 heterocycles. The molecule has 2 unspecified atom stereocenters. The number of benzene rings is 1. The van der Waals surface area contributed by atoms with Crippen LogP contribution in [0.3, 0.4) is 0 Å². The maximum absolute atomic E-state index is 6.15. The van der Waals surface area contributed by atoms with E-state index in [9.17, 15) is 0 Å². The summed E-state index contributed by atoms with van der Waals surface area (Å²) in [5.41, 5.74) is 6.36. The molecule has 0 aromatic heterocycles. The van der Waals surface area contributed by atoms with Crippen LogP contribution in [0.4, 0.5) is 0 Å². The van der Waals surface area contributed by atoms with Gasteiger partial charge < -0.3 is 10.5 Å². The molecule has 2 N–H and O–H groups in total. The highest BCUT2D eigenvalue weighted by molar-refractivity contribution is 5.38. The van der Waals surface area contributed by atoms with Gasteiger partial charge in [-0.05, 0) is 55.9 Å². The van der Waals surface area contributed by atoms with Crippen molar-refractivity contribution in [3.63, 3.8) is 0 Å². The lowest BCUT2D eigenvalue weighted by molar-refractivity contribution is 0.0904. The molecule has 1 saturated carbocycles. The van der Waals surface area contributed by atoms with Gasteiger partial charge in [-0.15, -0.1) is 0 Å². The highest BCUT2D eigenvalue weighted by atomic mass is 16.5. The van der Waals surface area contributed by atoms with Crippen molar-refractivity contribution < 1.29 is 4.74 Å². The zero-order valence-electron chi connectivity index (χ0n) is 11.7. The Morgan fingerprint density at radius 1 is 1.21 bits per heavy atom. The van der Waals surface area contributed by atoms with Crippen LogP contribution in [0.2, 0.25) is 0 Å². The first kappa shape index (κ1) is 14.0. The van der Waals surface area contributed by atoms with Crippen molar-refractivity contribution in [3.05, 3.63) is 29.8 Å². The van der Waals surface area contributed by atoms with E-state index in [2.05, 4.69) is 18.8 Å². The quantitative estimate of drug-likeness (QED) is 0.843. The predicted octanol–water partition coefficient (Wildman–Crippen LogP) is 3.34.